The predicted octanol–water partition coefficient (Wildman–Crippen LogP) is 2.84. The monoisotopic (exact) mass is 293 g/mol. The minimum Gasteiger partial charge on any atom is -0.395 e. The summed E-state index contributed by atoms with van der Waals surface area (Å²) in [7, 11) is 0. The van der Waals surface area contributed by atoms with Gasteiger partial charge in [0.2, 0.25) is 0 Å². The molecule has 1 aromatic rings. The maximum absolute atomic E-state index is 8.89. The number of halogens is 3. The fraction of sp³-hybridized carbons (Fsp3) is 0.333. The number of hydrogen-bond donors (Lipinski definition) is 1. The van der Waals surface area contributed by atoms with Crippen LogP contribution in [0.3, 0.4) is 0 Å². The second kappa shape index (κ2) is 8.63. The topological polar surface area (TPSA) is 23.5 Å². The van der Waals surface area contributed by atoms with Crippen LogP contribution >= 0.6 is 35.6 Å². The van der Waals surface area contributed by atoms with Crippen molar-refractivity contribution < 1.29 is 5.11 Å². The summed E-state index contributed by atoms with van der Waals surface area (Å²) in [5, 5.41) is 10.1. The van der Waals surface area contributed by atoms with Crippen molar-refractivity contribution in [1.29, 1.82) is 0 Å². The van der Waals surface area contributed by atoms with Crippen molar-refractivity contribution >= 4 is 35.6 Å². The first-order valence-electron chi connectivity index (χ1n) is 4.88. The molecule has 17 heavy (non-hydrogen) atoms. The molecule has 0 amide bonds. The lowest BCUT2D eigenvalue weighted by atomic mass is 10.2. The molecule has 0 bridgehead atoms. The Hall–Kier alpha value is -0.430. The maximum Gasteiger partial charge on any atom is 0.0602 e. The van der Waals surface area contributed by atoms with Crippen LogP contribution < -0.4 is 0 Å². The van der Waals surface area contributed by atoms with Gasteiger partial charge in [0.25, 0.3) is 0 Å². The average molecular weight is 295 g/mol. The molecule has 0 saturated carbocycles. The van der Waals surface area contributed by atoms with Gasteiger partial charge in [-0.2, -0.15) is 0 Å². The minimum absolute atomic E-state index is 0. The predicted molar refractivity (Wildman–Crippen MR) is 74.9 cm³/mol. The molecule has 0 saturated heterocycles. The lowest BCUT2D eigenvalue weighted by Crippen LogP contribution is -2.26. The summed E-state index contributed by atoms with van der Waals surface area (Å²) in [6, 6.07) is 5.35. The van der Waals surface area contributed by atoms with Crippen molar-refractivity contribution in [3.8, 4) is 12.3 Å². The summed E-state index contributed by atoms with van der Waals surface area (Å²) in [6.07, 6.45) is 5.25. The van der Waals surface area contributed by atoms with Gasteiger partial charge >= 0.3 is 0 Å². The van der Waals surface area contributed by atoms with Crippen LogP contribution in [0.2, 0.25) is 10.0 Å². The highest BCUT2D eigenvalue weighted by molar-refractivity contribution is 6.35. The molecule has 0 heterocycles. The van der Waals surface area contributed by atoms with Gasteiger partial charge in [-0.3, -0.25) is 4.90 Å². The van der Waals surface area contributed by atoms with Crippen molar-refractivity contribution in [2.75, 3.05) is 19.7 Å². The number of benzene rings is 1. The molecular weight excluding hydrogens is 280 g/mol. The quantitative estimate of drug-likeness (QED) is 0.844. The summed E-state index contributed by atoms with van der Waals surface area (Å²) in [4.78, 5) is 1.94. The van der Waals surface area contributed by atoms with Gasteiger partial charge in [-0.15, -0.1) is 18.8 Å². The summed E-state index contributed by atoms with van der Waals surface area (Å²) in [6.45, 7) is 1.70. The van der Waals surface area contributed by atoms with Gasteiger partial charge in [0.15, 0.2) is 0 Å². The number of rotatable bonds is 5. The fourth-order valence-corrected chi connectivity index (χ4v) is 1.84. The van der Waals surface area contributed by atoms with Crippen molar-refractivity contribution in [2.24, 2.45) is 0 Å². The molecule has 1 rings (SSSR count). The summed E-state index contributed by atoms with van der Waals surface area (Å²) in [5.41, 5.74) is 0.953. The third kappa shape index (κ3) is 5.63. The van der Waals surface area contributed by atoms with Crippen LogP contribution in [0, 0.1) is 12.3 Å². The lowest BCUT2D eigenvalue weighted by Gasteiger charge is -2.19. The van der Waals surface area contributed by atoms with Crippen LogP contribution in [0.15, 0.2) is 18.2 Å². The molecule has 5 heteroatoms. The Balaban J connectivity index is 0.00000256. The Kier molecular flexibility index (Phi) is 8.41. The summed E-state index contributed by atoms with van der Waals surface area (Å²) >= 11 is 11.9. The minimum atomic E-state index is 0. The second-order valence-electron chi connectivity index (χ2n) is 3.37. The van der Waals surface area contributed by atoms with E-state index >= 15 is 0 Å². The van der Waals surface area contributed by atoms with E-state index in [4.69, 9.17) is 34.7 Å². The van der Waals surface area contributed by atoms with E-state index in [0.717, 1.165) is 5.56 Å². The molecule has 0 aliphatic carbocycles. The number of aliphatic hydroxyl groups is 1. The Morgan fingerprint density at radius 1 is 1.35 bits per heavy atom. The number of aliphatic hydroxyl groups excluding tert-OH is 1. The zero-order chi connectivity index (χ0) is 12.0. The van der Waals surface area contributed by atoms with Crippen LogP contribution in [0.1, 0.15) is 5.56 Å². The summed E-state index contributed by atoms with van der Waals surface area (Å²) < 4.78 is 0. The van der Waals surface area contributed by atoms with Gasteiger partial charge in [0.05, 0.1) is 13.2 Å². The van der Waals surface area contributed by atoms with E-state index in [2.05, 4.69) is 5.92 Å². The third-order valence-electron chi connectivity index (χ3n) is 2.14. The first-order valence-corrected chi connectivity index (χ1v) is 5.63. The fourth-order valence-electron chi connectivity index (χ4n) is 1.38. The Bertz CT molecular complexity index is 390. The van der Waals surface area contributed by atoms with E-state index in [9.17, 15) is 0 Å². The van der Waals surface area contributed by atoms with E-state index in [1.165, 1.54) is 0 Å². The lowest BCUT2D eigenvalue weighted by molar-refractivity contribution is 0.205. The largest absolute Gasteiger partial charge is 0.395 e. The van der Waals surface area contributed by atoms with E-state index < -0.39 is 0 Å². The molecule has 1 N–H and O–H groups in total. The molecule has 0 radical (unpaired) electrons. The highest BCUT2D eigenvalue weighted by Gasteiger charge is 2.07. The van der Waals surface area contributed by atoms with Crippen LogP contribution in [-0.2, 0) is 6.54 Å². The van der Waals surface area contributed by atoms with Gasteiger partial charge in [-0.1, -0.05) is 35.2 Å². The Labute approximate surface area is 118 Å². The molecule has 1 aromatic carbocycles. The van der Waals surface area contributed by atoms with E-state index in [1.807, 2.05) is 11.0 Å². The molecule has 0 atom stereocenters. The Morgan fingerprint density at radius 3 is 2.59 bits per heavy atom. The van der Waals surface area contributed by atoms with Crippen molar-refractivity contribution in [3.05, 3.63) is 33.8 Å². The van der Waals surface area contributed by atoms with Crippen LogP contribution in [0.4, 0.5) is 0 Å². The molecule has 94 valence electrons. The molecule has 0 aliphatic rings. The molecule has 0 fully saturated rings. The van der Waals surface area contributed by atoms with Crippen LogP contribution in [-0.4, -0.2) is 29.7 Å². The number of nitrogens with zero attached hydrogens (tertiary/aromatic N) is 1. The van der Waals surface area contributed by atoms with Crippen LogP contribution in [0.25, 0.3) is 0 Å². The third-order valence-corrected chi connectivity index (χ3v) is 2.73. The van der Waals surface area contributed by atoms with Gasteiger partial charge in [-0.25, -0.2) is 0 Å². The smallest absolute Gasteiger partial charge is 0.0602 e. The van der Waals surface area contributed by atoms with Crippen molar-refractivity contribution in [2.45, 2.75) is 6.54 Å². The Morgan fingerprint density at radius 2 is 2.06 bits per heavy atom. The first kappa shape index (κ1) is 16.6. The maximum atomic E-state index is 8.89. The SMILES string of the molecule is C#CCN(CCO)Cc1ccc(Cl)cc1Cl.Cl. The van der Waals surface area contributed by atoms with Gasteiger partial charge < -0.3 is 5.11 Å². The molecule has 0 aliphatic heterocycles. The van der Waals surface area contributed by atoms with Gasteiger partial charge in [0.1, 0.15) is 0 Å². The highest BCUT2D eigenvalue weighted by atomic mass is 35.5. The molecular formula is C12H14Cl3NO. The second-order valence-corrected chi connectivity index (χ2v) is 4.22. The average Bonchev–Trinajstić information content (AvgIpc) is 2.23. The molecule has 0 aromatic heterocycles. The van der Waals surface area contributed by atoms with E-state index in [1.54, 1.807) is 12.1 Å². The van der Waals surface area contributed by atoms with Crippen LogP contribution in [0.5, 0.6) is 0 Å². The van der Waals surface area contributed by atoms with Gasteiger partial charge in [0, 0.05) is 23.1 Å². The zero-order valence-electron chi connectivity index (χ0n) is 9.20. The normalized spacial score (nSPS) is 9.82. The van der Waals surface area contributed by atoms with Crippen molar-refractivity contribution in [3.63, 3.8) is 0 Å². The van der Waals surface area contributed by atoms with Crippen molar-refractivity contribution in [1.82, 2.24) is 4.90 Å². The van der Waals surface area contributed by atoms with E-state index in [0.29, 0.717) is 29.7 Å². The standard InChI is InChI=1S/C12H13Cl2NO.ClH/c1-2-5-15(6-7-16)9-10-3-4-11(13)8-12(10)14;/h1,3-4,8,16H,5-7,9H2;1H. The first-order chi connectivity index (χ1) is 7.67. The molecule has 0 spiro atoms. The zero-order valence-corrected chi connectivity index (χ0v) is 11.5. The highest BCUT2D eigenvalue weighted by Crippen LogP contribution is 2.22. The van der Waals surface area contributed by atoms with Gasteiger partial charge in [-0.05, 0) is 17.7 Å². The number of hydrogen-bond acceptors (Lipinski definition) is 2. The summed E-state index contributed by atoms with van der Waals surface area (Å²) in [5.74, 6) is 2.55. The molecule has 0 unspecified atom stereocenters. The van der Waals surface area contributed by atoms with E-state index in [-0.39, 0.29) is 19.0 Å². The molecule has 2 nitrogen and oxygen atoms in total. The number of terminal acetylenes is 1.